The van der Waals surface area contributed by atoms with Gasteiger partial charge < -0.3 is 5.32 Å². The average Bonchev–Trinajstić information content (AvgIpc) is 2.47. The van der Waals surface area contributed by atoms with E-state index in [2.05, 4.69) is 24.4 Å². The van der Waals surface area contributed by atoms with Gasteiger partial charge in [-0.3, -0.25) is 10.1 Å². The van der Waals surface area contributed by atoms with E-state index in [4.69, 9.17) is 0 Å². The van der Waals surface area contributed by atoms with Crippen LogP contribution in [0.15, 0.2) is 48.5 Å². The Balaban J connectivity index is 2.12. The van der Waals surface area contributed by atoms with E-state index in [1.807, 2.05) is 24.3 Å². The molecule has 0 aromatic heterocycles. The van der Waals surface area contributed by atoms with Crippen molar-refractivity contribution >= 4 is 5.69 Å². The monoisotopic (exact) mass is 268 g/mol. The minimum Gasteiger partial charge on any atom is -0.309 e. The maximum absolute atomic E-state index is 11.0. The third kappa shape index (κ3) is 2.18. The van der Waals surface area contributed by atoms with Crippen LogP contribution in [0.1, 0.15) is 29.5 Å². The van der Waals surface area contributed by atoms with Crippen LogP contribution >= 0.6 is 0 Å². The molecule has 2 unspecified atom stereocenters. The first-order valence-corrected chi connectivity index (χ1v) is 6.72. The van der Waals surface area contributed by atoms with Gasteiger partial charge in [-0.2, -0.15) is 0 Å². The molecule has 1 heterocycles. The predicted molar refractivity (Wildman–Crippen MR) is 77.7 cm³/mol. The van der Waals surface area contributed by atoms with Crippen molar-refractivity contribution in [3.63, 3.8) is 0 Å². The smallest absolute Gasteiger partial charge is 0.269 e. The summed E-state index contributed by atoms with van der Waals surface area (Å²) in [6.45, 7) is 2.89. The number of benzene rings is 2. The maximum atomic E-state index is 11.0. The molecule has 2 atom stereocenters. The summed E-state index contributed by atoms with van der Waals surface area (Å²) in [6, 6.07) is 15.6. The van der Waals surface area contributed by atoms with Gasteiger partial charge in [0, 0.05) is 30.6 Å². The molecule has 2 aromatic carbocycles. The molecule has 102 valence electrons. The van der Waals surface area contributed by atoms with Gasteiger partial charge in [-0.1, -0.05) is 36.4 Å². The van der Waals surface area contributed by atoms with E-state index in [9.17, 15) is 10.1 Å². The van der Waals surface area contributed by atoms with Gasteiger partial charge in [-0.05, 0) is 23.6 Å². The zero-order valence-corrected chi connectivity index (χ0v) is 11.2. The van der Waals surface area contributed by atoms with Crippen LogP contribution in [0.4, 0.5) is 5.69 Å². The first-order valence-electron chi connectivity index (χ1n) is 6.72. The Hall–Kier alpha value is -2.20. The Labute approximate surface area is 117 Å². The van der Waals surface area contributed by atoms with Crippen molar-refractivity contribution in [3.05, 3.63) is 75.3 Å². The maximum Gasteiger partial charge on any atom is 0.269 e. The standard InChI is InChI=1S/C16H16N2O2/c1-11-16(12-5-3-2-4-6-12)15-9-14(18(19)20)8-7-13(15)10-17-11/h2-9,11,16-17H,10H2,1H3. The fourth-order valence-electron chi connectivity index (χ4n) is 2.93. The van der Waals surface area contributed by atoms with E-state index in [0.29, 0.717) is 0 Å². The summed E-state index contributed by atoms with van der Waals surface area (Å²) in [5, 5.41) is 14.5. The molecular formula is C16H16N2O2. The van der Waals surface area contributed by atoms with Crippen LogP contribution in [0.3, 0.4) is 0 Å². The molecule has 0 fully saturated rings. The average molecular weight is 268 g/mol. The number of hydrogen-bond acceptors (Lipinski definition) is 3. The van der Waals surface area contributed by atoms with Gasteiger partial charge in [0.25, 0.3) is 5.69 Å². The summed E-state index contributed by atoms with van der Waals surface area (Å²) < 4.78 is 0. The molecule has 1 N–H and O–H groups in total. The molecule has 4 heteroatoms. The molecular weight excluding hydrogens is 252 g/mol. The van der Waals surface area contributed by atoms with Crippen LogP contribution < -0.4 is 5.32 Å². The SMILES string of the molecule is CC1NCc2ccc([N+](=O)[O-])cc2C1c1ccccc1. The Morgan fingerprint density at radius 1 is 1.20 bits per heavy atom. The molecule has 0 amide bonds. The summed E-state index contributed by atoms with van der Waals surface area (Å²) in [7, 11) is 0. The fourth-order valence-corrected chi connectivity index (χ4v) is 2.93. The van der Waals surface area contributed by atoms with Crippen molar-refractivity contribution < 1.29 is 4.92 Å². The number of fused-ring (bicyclic) bond motifs is 1. The molecule has 4 nitrogen and oxygen atoms in total. The zero-order chi connectivity index (χ0) is 14.1. The molecule has 0 saturated heterocycles. The summed E-state index contributed by atoms with van der Waals surface area (Å²) in [5.41, 5.74) is 3.56. The van der Waals surface area contributed by atoms with E-state index in [1.54, 1.807) is 12.1 Å². The van der Waals surface area contributed by atoms with E-state index in [-0.39, 0.29) is 22.6 Å². The zero-order valence-electron chi connectivity index (χ0n) is 11.2. The molecule has 1 aliphatic rings. The van der Waals surface area contributed by atoms with E-state index >= 15 is 0 Å². The van der Waals surface area contributed by atoms with Crippen molar-refractivity contribution in [2.45, 2.75) is 25.4 Å². The quantitative estimate of drug-likeness (QED) is 0.672. The molecule has 20 heavy (non-hydrogen) atoms. The first kappa shape index (κ1) is 12.8. The Kier molecular flexibility index (Phi) is 3.24. The lowest BCUT2D eigenvalue weighted by Gasteiger charge is -2.32. The van der Waals surface area contributed by atoms with Gasteiger partial charge in [-0.15, -0.1) is 0 Å². The van der Waals surface area contributed by atoms with Crippen molar-refractivity contribution in [1.29, 1.82) is 0 Å². The van der Waals surface area contributed by atoms with E-state index in [0.717, 1.165) is 17.7 Å². The largest absolute Gasteiger partial charge is 0.309 e. The Morgan fingerprint density at radius 3 is 2.65 bits per heavy atom. The first-order chi connectivity index (χ1) is 9.66. The highest BCUT2D eigenvalue weighted by Gasteiger charge is 2.28. The number of non-ortho nitro benzene ring substituents is 1. The van der Waals surface area contributed by atoms with Gasteiger partial charge >= 0.3 is 0 Å². The molecule has 0 radical (unpaired) electrons. The number of rotatable bonds is 2. The lowest BCUT2D eigenvalue weighted by atomic mass is 9.80. The molecule has 0 spiro atoms. The lowest BCUT2D eigenvalue weighted by Crippen LogP contribution is -2.37. The Bertz CT molecular complexity index is 640. The van der Waals surface area contributed by atoms with Gasteiger partial charge in [0.1, 0.15) is 0 Å². The van der Waals surface area contributed by atoms with Crippen LogP contribution in [0.2, 0.25) is 0 Å². The van der Waals surface area contributed by atoms with Crippen LogP contribution in [0.5, 0.6) is 0 Å². The second-order valence-corrected chi connectivity index (χ2v) is 5.20. The van der Waals surface area contributed by atoms with Crippen molar-refractivity contribution in [2.75, 3.05) is 0 Å². The second kappa shape index (κ2) is 5.06. The van der Waals surface area contributed by atoms with Gasteiger partial charge in [-0.25, -0.2) is 0 Å². The lowest BCUT2D eigenvalue weighted by molar-refractivity contribution is -0.385. The van der Waals surface area contributed by atoms with Gasteiger partial charge in [0.05, 0.1) is 4.92 Å². The summed E-state index contributed by atoms with van der Waals surface area (Å²) in [4.78, 5) is 10.7. The highest BCUT2D eigenvalue weighted by molar-refractivity contribution is 5.47. The minimum atomic E-state index is -0.324. The normalized spacial score (nSPS) is 21.2. The number of nitro benzene ring substituents is 1. The number of nitro groups is 1. The second-order valence-electron chi connectivity index (χ2n) is 5.20. The van der Waals surface area contributed by atoms with E-state index in [1.165, 1.54) is 5.56 Å². The van der Waals surface area contributed by atoms with Crippen molar-refractivity contribution in [2.24, 2.45) is 0 Å². The Morgan fingerprint density at radius 2 is 1.95 bits per heavy atom. The van der Waals surface area contributed by atoms with Crippen molar-refractivity contribution in [3.8, 4) is 0 Å². The van der Waals surface area contributed by atoms with Crippen LogP contribution in [0, 0.1) is 10.1 Å². The van der Waals surface area contributed by atoms with Crippen LogP contribution in [-0.4, -0.2) is 11.0 Å². The highest BCUT2D eigenvalue weighted by atomic mass is 16.6. The van der Waals surface area contributed by atoms with Crippen molar-refractivity contribution in [1.82, 2.24) is 5.32 Å². The van der Waals surface area contributed by atoms with Crippen LogP contribution in [0.25, 0.3) is 0 Å². The fraction of sp³-hybridized carbons (Fsp3) is 0.250. The minimum absolute atomic E-state index is 0.153. The molecule has 3 rings (SSSR count). The molecule has 1 aliphatic heterocycles. The summed E-state index contributed by atoms with van der Waals surface area (Å²) >= 11 is 0. The highest BCUT2D eigenvalue weighted by Crippen LogP contribution is 2.35. The molecule has 0 aliphatic carbocycles. The van der Waals surface area contributed by atoms with E-state index < -0.39 is 0 Å². The van der Waals surface area contributed by atoms with Gasteiger partial charge in [0.15, 0.2) is 0 Å². The predicted octanol–water partition coefficient (Wildman–Crippen LogP) is 3.22. The summed E-state index contributed by atoms with van der Waals surface area (Å²) in [5.74, 6) is 0.153. The number of hydrogen-bond donors (Lipinski definition) is 1. The molecule has 0 bridgehead atoms. The molecule has 0 saturated carbocycles. The third-order valence-electron chi connectivity index (χ3n) is 3.95. The number of nitrogens with one attached hydrogen (secondary N) is 1. The third-order valence-corrected chi connectivity index (χ3v) is 3.95. The molecule has 2 aromatic rings. The van der Waals surface area contributed by atoms with Gasteiger partial charge in [0.2, 0.25) is 0 Å². The van der Waals surface area contributed by atoms with Crippen LogP contribution in [-0.2, 0) is 6.54 Å². The topological polar surface area (TPSA) is 55.2 Å². The number of nitrogens with zero attached hydrogens (tertiary/aromatic N) is 1. The summed E-state index contributed by atoms with van der Waals surface area (Å²) in [6.07, 6.45) is 0.